The Morgan fingerprint density at radius 3 is 2.67 bits per heavy atom. The molecule has 33 heavy (non-hydrogen) atoms. The van der Waals surface area contributed by atoms with Crippen LogP contribution < -0.4 is 10.5 Å². The summed E-state index contributed by atoms with van der Waals surface area (Å²) in [5.74, 6) is 1.53. The fraction of sp³-hybridized carbons (Fsp3) is 0.481. The number of hydrogen-bond donors (Lipinski definition) is 0. The average molecular weight is 461 g/mol. The molecule has 0 atom stereocenters. The van der Waals surface area contributed by atoms with E-state index in [2.05, 4.69) is 50.6 Å². The number of anilines is 1. The molecule has 0 amide bonds. The zero-order chi connectivity index (χ0) is 22.5. The number of aromatic nitrogens is 3. The Morgan fingerprint density at radius 2 is 1.88 bits per heavy atom. The van der Waals surface area contributed by atoms with Gasteiger partial charge in [0.15, 0.2) is 4.96 Å². The van der Waals surface area contributed by atoms with Gasteiger partial charge in [0.1, 0.15) is 5.82 Å². The van der Waals surface area contributed by atoms with Crippen LogP contribution in [0.3, 0.4) is 0 Å². The predicted molar refractivity (Wildman–Crippen MR) is 137 cm³/mol. The Bertz CT molecular complexity index is 1390. The van der Waals surface area contributed by atoms with Crippen LogP contribution in [-0.4, -0.2) is 21.0 Å². The molecule has 0 saturated heterocycles. The van der Waals surface area contributed by atoms with E-state index in [-0.39, 0.29) is 5.56 Å². The van der Waals surface area contributed by atoms with Gasteiger partial charge < -0.3 is 9.47 Å². The lowest BCUT2D eigenvalue weighted by molar-refractivity contribution is 0.319. The molecule has 0 radical (unpaired) electrons. The van der Waals surface area contributed by atoms with Crippen molar-refractivity contribution < 1.29 is 0 Å². The maximum absolute atomic E-state index is 13.8. The Labute approximate surface area is 198 Å². The number of nitrogens with zero attached hydrogens (tertiary/aromatic N) is 4. The third-order valence-electron chi connectivity index (χ3n) is 7.72. The first kappa shape index (κ1) is 21.0. The molecule has 0 spiro atoms. The number of imidazole rings is 1. The largest absolute Gasteiger partial charge is 0.354 e. The summed E-state index contributed by atoms with van der Waals surface area (Å²) < 4.78 is 4.24. The van der Waals surface area contributed by atoms with E-state index in [1.165, 1.54) is 60.7 Å². The number of thiazole rings is 1. The third kappa shape index (κ3) is 3.78. The van der Waals surface area contributed by atoms with E-state index in [1.807, 2.05) is 7.05 Å². The van der Waals surface area contributed by atoms with Crippen molar-refractivity contribution in [3.63, 3.8) is 0 Å². The molecule has 2 aliphatic carbocycles. The maximum atomic E-state index is 13.8. The van der Waals surface area contributed by atoms with Crippen molar-refractivity contribution in [3.05, 3.63) is 62.5 Å². The van der Waals surface area contributed by atoms with Crippen molar-refractivity contribution in [2.75, 3.05) is 11.9 Å². The summed E-state index contributed by atoms with van der Waals surface area (Å²) >= 11 is 1.66. The number of rotatable bonds is 5. The molecule has 2 aliphatic rings. The van der Waals surface area contributed by atoms with Crippen LogP contribution in [0.25, 0.3) is 15.9 Å². The number of aryl methyl sites for hydroxylation is 3. The molecule has 172 valence electrons. The third-order valence-corrected chi connectivity index (χ3v) is 8.68. The van der Waals surface area contributed by atoms with E-state index in [0.717, 1.165) is 41.2 Å². The van der Waals surface area contributed by atoms with E-state index in [1.54, 1.807) is 11.3 Å². The highest BCUT2D eigenvalue weighted by molar-refractivity contribution is 7.15. The first-order chi connectivity index (χ1) is 16.1. The SMILES string of the molecule is Cc1csc2nc(N(C)Cc3cc4cc5c(cc4n(CC4CCCCC4)c3=O)CCC5)cn12. The summed E-state index contributed by atoms with van der Waals surface area (Å²) in [6.07, 6.45) is 12.0. The van der Waals surface area contributed by atoms with Crippen molar-refractivity contribution in [1.29, 1.82) is 0 Å². The van der Waals surface area contributed by atoms with Gasteiger partial charge in [0.05, 0.1) is 11.7 Å². The molecule has 1 aromatic carbocycles. The van der Waals surface area contributed by atoms with Gasteiger partial charge in [-0.1, -0.05) is 19.3 Å². The number of benzene rings is 1. The molecule has 4 aromatic rings. The van der Waals surface area contributed by atoms with Crippen LogP contribution in [0.4, 0.5) is 5.82 Å². The van der Waals surface area contributed by atoms with Crippen LogP contribution in [-0.2, 0) is 25.9 Å². The molecule has 5 nitrogen and oxygen atoms in total. The van der Waals surface area contributed by atoms with Gasteiger partial charge in [-0.2, -0.15) is 0 Å². The Hall–Kier alpha value is -2.60. The van der Waals surface area contributed by atoms with Gasteiger partial charge in [0, 0.05) is 36.8 Å². The van der Waals surface area contributed by atoms with Crippen LogP contribution in [0, 0.1) is 12.8 Å². The van der Waals surface area contributed by atoms with E-state index in [4.69, 9.17) is 4.98 Å². The fourth-order valence-electron chi connectivity index (χ4n) is 5.84. The molecule has 0 bridgehead atoms. The van der Waals surface area contributed by atoms with Gasteiger partial charge in [-0.15, -0.1) is 11.3 Å². The molecule has 0 N–H and O–H groups in total. The quantitative estimate of drug-likeness (QED) is 0.382. The number of fused-ring (bicyclic) bond motifs is 3. The Kier molecular flexibility index (Phi) is 5.28. The molecule has 6 heteroatoms. The maximum Gasteiger partial charge on any atom is 0.256 e. The summed E-state index contributed by atoms with van der Waals surface area (Å²) in [4.78, 5) is 21.7. The summed E-state index contributed by atoms with van der Waals surface area (Å²) in [5.41, 5.74) is 6.28. The highest BCUT2D eigenvalue weighted by atomic mass is 32.1. The lowest BCUT2D eigenvalue weighted by atomic mass is 9.89. The molecular formula is C27H32N4OS. The highest BCUT2D eigenvalue weighted by Gasteiger charge is 2.21. The van der Waals surface area contributed by atoms with Crippen molar-refractivity contribution >= 4 is 33.0 Å². The normalized spacial score (nSPS) is 16.7. The highest BCUT2D eigenvalue weighted by Crippen LogP contribution is 2.30. The first-order valence-electron chi connectivity index (χ1n) is 12.4. The van der Waals surface area contributed by atoms with E-state index >= 15 is 0 Å². The van der Waals surface area contributed by atoms with Gasteiger partial charge in [-0.05, 0) is 79.7 Å². The van der Waals surface area contributed by atoms with Crippen molar-refractivity contribution in [3.8, 4) is 0 Å². The minimum atomic E-state index is 0.176. The van der Waals surface area contributed by atoms with E-state index in [9.17, 15) is 4.79 Å². The van der Waals surface area contributed by atoms with Crippen molar-refractivity contribution in [2.24, 2.45) is 5.92 Å². The molecule has 3 aromatic heterocycles. The molecule has 6 rings (SSSR count). The van der Waals surface area contributed by atoms with Gasteiger partial charge >= 0.3 is 0 Å². The minimum absolute atomic E-state index is 0.176. The van der Waals surface area contributed by atoms with Gasteiger partial charge in [-0.25, -0.2) is 4.98 Å². The zero-order valence-corrected chi connectivity index (χ0v) is 20.5. The van der Waals surface area contributed by atoms with E-state index in [0.29, 0.717) is 12.5 Å². The predicted octanol–water partition coefficient (Wildman–Crippen LogP) is 5.72. The first-order valence-corrected chi connectivity index (χ1v) is 13.3. The van der Waals surface area contributed by atoms with Crippen molar-refractivity contribution in [2.45, 2.75) is 71.4 Å². The monoisotopic (exact) mass is 460 g/mol. The standard InChI is InChI=1S/C27H32N4OS/c1-18-17-33-27-28-25(16-30(18)27)29(2)15-23-12-22-11-20-9-6-10-21(20)13-24(22)31(26(23)32)14-19-7-4-3-5-8-19/h11-13,16-17,19H,3-10,14-15H2,1-2H3. The zero-order valence-electron chi connectivity index (χ0n) is 19.6. The molecule has 1 fully saturated rings. The lowest BCUT2D eigenvalue weighted by Gasteiger charge is -2.25. The summed E-state index contributed by atoms with van der Waals surface area (Å²) in [7, 11) is 2.04. The fourth-order valence-corrected chi connectivity index (χ4v) is 6.68. The topological polar surface area (TPSA) is 42.5 Å². The molecular weight excluding hydrogens is 428 g/mol. The summed E-state index contributed by atoms with van der Waals surface area (Å²) in [6, 6.07) is 6.82. The van der Waals surface area contributed by atoms with Gasteiger partial charge in [-0.3, -0.25) is 9.20 Å². The number of hydrogen-bond acceptors (Lipinski definition) is 4. The second-order valence-corrected chi connectivity index (χ2v) is 10.9. The van der Waals surface area contributed by atoms with E-state index < -0.39 is 0 Å². The van der Waals surface area contributed by atoms with Crippen LogP contribution >= 0.6 is 11.3 Å². The van der Waals surface area contributed by atoms with Gasteiger partial charge in [0.25, 0.3) is 5.56 Å². The van der Waals surface area contributed by atoms with Crippen molar-refractivity contribution in [1.82, 2.24) is 14.0 Å². The Morgan fingerprint density at radius 1 is 1.09 bits per heavy atom. The lowest BCUT2D eigenvalue weighted by Crippen LogP contribution is -2.31. The molecule has 0 unspecified atom stereocenters. The van der Waals surface area contributed by atoms with Crippen LogP contribution in [0.15, 0.2) is 34.6 Å². The molecule has 3 heterocycles. The molecule has 1 saturated carbocycles. The second kappa shape index (κ2) is 8.32. The number of pyridine rings is 1. The summed E-state index contributed by atoms with van der Waals surface area (Å²) in [6.45, 7) is 3.52. The Balaban J connectivity index is 1.40. The smallest absolute Gasteiger partial charge is 0.256 e. The van der Waals surface area contributed by atoms with Crippen LogP contribution in [0.1, 0.15) is 60.9 Å². The summed E-state index contributed by atoms with van der Waals surface area (Å²) in [5, 5.41) is 3.34. The van der Waals surface area contributed by atoms with Crippen LogP contribution in [0.5, 0.6) is 0 Å². The second-order valence-electron chi connectivity index (χ2n) is 10.1. The molecule has 0 aliphatic heterocycles. The minimum Gasteiger partial charge on any atom is -0.354 e. The average Bonchev–Trinajstić information content (AvgIpc) is 3.53. The van der Waals surface area contributed by atoms with Gasteiger partial charge in [0.2, 0.25) is 0 Å². The van der Waals surface area contributed by atoms with Crippen LogP contribution in [0.2, 0.25) is 0 Å².